The van der Waals surface area contributed by atoms with Gasteiger partial charge in [-0.1, -0.05) is 34.4 Å². The van der Waals surface area contributed by atoms with Gasteiger partial charge in [0.25, 0.3) is 0 Å². The Morgan fingerprint density at radius 3 is 2.76 bits per heavy atom. The molecule has 0 fully saturated rings. The third-order valence-corrected chi connectivity index (χ3v) is 5.57. The van der Waals surface area contributed by atoms with Crippen molar-refractivity contribution in [1.29, 1.82) is 0 Å². The molecule has 1 heterocycles. The topological polar surface area (TPSA) is 41.8 Å². The summed E-state index contributed by atoms with van der Waals surface area (Å²) in [6.07, 6.45) is 0. The van der Waals surface area contributed by atoms with Crippen molar-refractivity contribution < 1.29 is 9.94 Å². The molecule has 0 spiro atoms. The van der Waals surface area contributed by atoms with E-state index in [1.165, 1.54) is 11.3 Å². The van der Waals surface area contributed by atoms with Crippen LogP contribution in [-0.4, -0.2) is 23.8 Å². The number of ether oxygens (including phenoxy) is 1. The molecule has 0 saturated carbocycles. The molecule has 0 atom stereocenters. The molecule has 1 aromatic heterocycles. The molecular weight excluding hydrogens is 349 g/mol. The fourth-order valence-corrected chi connectivity index (χ4v) is 4.32. The van der Waals surface area contributed by atoms with Crippen LogP contribution < -0.4 is 4.74 Å². The van der Waals surface area contributed by atoms with Gasteiger partial charge < -0.3 is 9.94 Å². The van der Waals surface area contributed by atoms with E-state index in [1.807, 2.05) is 25.1 Å². The van der Waals surface area contributed by atoms with E-state index in [-0.39, 0.29) is 0 Å². The zero-order chi connectivity index (χ0) is 15.4. The lowest BCUT2D eigenvalue weighted by Gasteiger charge is -2.10. The van der Waals surface area contributed by atoms with Gasteiger partial charge in [0.15, 0.2) is 0 Å². The van der Waals surface area contributed by atoms with Crippen molar-refractivity contribution in [1.82, 2.24) is 0 Å². The van der Waals surface area contributed by atoms with E-state index in [2.05, 4.69) is 5.16 Å². The van der Waals surface area contributed by atoms with E-state index >= 15 is 0 Å². The molecule has 21 heavy (non-hydrogen) atoms. The smallest absolute Gasteiger partial charge is 0.122 e. The number of benzene rings is 1. The Kier molecular flexibility index (Phi) is 5.81. The molecule has 1 aromatic carbocycles. The van der Waals surface area contributed by atoms with Crippen LogP contribution in [0.2, 0.25) is 8.67 Å². The van der Waals surface area contributed by atoms with Crippen molar-refractivity contribution in [2.45, 2.75) is 11.8 Å². The minimum atomic E-state index is 0.483. The number of halogens is 2. The second-order valence-corrected chi connectivity index (χ2v) is 7.46. The number of thioether (sulfide) groups is 1. The maximum atomic E-state index is 9.21. The summed E-state index contributed by atoms with van der Waals surface area (Å²) >= 11 is 14.8. The Labute approximate surface area is 141 Å². The number of methoxy groups -OCH3 is 1. The van der Waals surface area contributed by atoms with Gasteiger partial charge in [-0.25, -0.2) is 0 Å². The van der Waals surface area contributed by atoms with Crippen molar-refractivity contribution in [3.63, 3.8) is 0 Å². The largest absolute Gasteiger partial charge is 0.496 e. The first-order valence-corrected chi connectivity index (χ1v) is 8.55. The van der Waals surface area contributed by atoms with Gasteiger partial charge >= 0.3 is 0 Å². The second kappa shape index (κ2) is 7.40. The molecule has 0 aliphatic carbocycles. The summed E-state index contributed by atoms with van der Waals surface area (Å²) in [6, 6.07) is 7.55. The number of hydrogen-bond acceptors (Lipinski definition) is 5. The Bertz CT molecular complexity index is 671. The maximum Gasteiger partial charge on any atom is 0.122 e. The summed E-state index contributed by atoms with van der Waals surface area (Å²) < 4.78 is 6.39. The molecule has 0 radical (unpaired) electrons. The molecule has 0 aliphatic rings. The molecule has 0 amide bonds. The standard InChI is InChI=1S/C14H13Cl2NO2S2/c1-8-11(19-2)4-3-5-12(8)20-7-10(17-18)9-6-13(15)21-14(9)16/h3-6,18H,7H2,1-2H3/b17-10-. The van der Waals surface area contributed by atoms with Gasteiger partial charge in [-0.3, -0.25) is 0 Å². The number of oxime groups is 1. The highest BCUT2D eigenvalue weighted by Gasteiger charge is 2.14. The SMILES string of the molecule is COc1cccc(SC/C(=N/O)c2cc(Cl)sc2Cl)c1C. The molecular formula is C14H13Cl2NO2S2. The maximum absolute atomic E-state index is 9.21. The van der Waals surface area contributed by atoms with Gasteiger partial charge in [-0.2, -0.15) is 0 Å². The third kappa shape index (κ3) is 3.86. The van der Waals surface area contributed by atoms with Crippen molar-refractivity contribution >= 4 is 52.0 Å². The summed E-state index contributed by atoms with van der Waals surface area (Å²) in [5.41, 5.74) is 2.22. The first kappa shape index (κ1) is 16.5. The van der Waals surface area contributed by atoms with E-state index in [4.69, 9.17) is 27.9 Å². The average molecular weight is 362 g/mol. The van der Waals surface area contributed by atoms with Crippen LogP contribution in [0.3, 0.4) is 0 Å². The highest BCUT2D eigenvalue weighted by molar-refractivity contribution is 8.00. The third-order valence-electron chi connectivity index (χ3n) is 2.91. The van der Waals surface area contributed by atoms with Crippen LogP contribution in [0, 0.1) is 6.92 Å². The number of thiophene rings is 1. The van der Waals surface area contributed by atoms with E-state index in [1.54, 1.807) is 24.9 Å². The molecule has 1 N–H and O–H groups in total. The zero-order valence-electron chi connectivity index (χ0n) is 11.4. The Balaban J connectivity index is 2.17. The number of hydrogen-bond donors (Lipinski definition) is 1. The highest BCUT2D eigenvalue weighted by Crippen LogP contribution is 2.34. The molecule has 0 bridgehead atoms. The van der Waals surface area contributed by atoms with Crippen LogP contribution in [0.5, 0.6) is 5.75 Å². The highest BCUT2D eigenvalue weighted by atomic mass is 35.5. The molecule has 7 heteroatoms. The lowest BCUT2D eigenvalue weighted by Crippen LogP contribution is -2.04. The first-order valence-electron chi connectivity index (χ1n) is 5.99. The van der Waals surface area contributed by atoms with Gasteiger partial charge in [-0.15, -0.1) is 23.1 Å². The Hall–Kier alpha value is -0.880. The van der Waals surface area contributed by atoms with Gasteiger partial charge in [0.1, 0.15) is 10.1 Å². The van der Waals surface area contributed by atoms with Crippen LogP contribution in [0.25, 0.3) is 0 Å². The molecule has 112 valence electrons. The lowest BCUT2D eigenvalue weighted by atomic mass is 10.2. The minimum absolute atomic E-state index is 0.483. The monoisotopic (exact) mass is 361 g/mol. The normalized spacial score (nSPS) is 11.7. The fourth-order valence-electron chi connectivity index (χ4n) is 1.82. The van der Waals surface area contributed by atoms with E-state index in [0.717, 1.165) is 16.2 Å². The van der Waals surface area contributed by atoms with Crippen molar-refractivity contribution in [2.24, 2.45) is 5.16 Å². The van der Waals surface area contributed by atoms with E-state index in [0.29, 0.717) is 25.7 Å². The van der Waals surface area contributed by atoms with Gasteiger partial charge in [0.2, 0.25) is 0 Å². The molecule has 2 rings (SSSR count). The lowest BCUT2D eigenvalue weighted by molar-refractivity contribution is 0.319. The molecule has 2 aromatic rings. The van der Waals surface area contributed by atoms with Crippen molar-refractivity contribution in [2.75, 3.05) is 12.9 Å². The summed E-state index contributed by atoms with van der Waals surface area (Å²) in [5.74, 6) is 1.32. The second-order valence-electron chi connectivity index (χ2n) is 4.16. The van der Waals surface area contributed by atoms with Crippen molar-refractivity contribution in [3.8, 4) is 5.75 Å². The van der Waals surface area contributed by atoms with Crippen LogP contribution in [0.4, 0.5) is 0 Å². The van der Waals surface area contributed by atoms with Crippen LogP contribution >= 0.6 is 46.3 Å². The fraction of sp³-hybridized carbons (Fsp3) is 0.214. The van der Waals surface area contributed by atoms with Gasteiger partial charge in [-0.05, 0) is 25.1 Å². The predicted octanol–water partition coefficient (Wildman–Crippen LogP) is 5.34. The minimum Gasteiger partial charge on any atom is -0.496 e. The summed E-state index contributed by atoms with van der Waals surface area (Å²) in [5, 5.41) is 12.6. The van der Waals surface area contributed by atoms with Crippen LogP contribution in [-0.2, 0) is 0 Å². The summed E-state index contributed by atoms with van der Waals surface area (Å²) in [4.78, 5) is 1.06. The van der Waals surface area contributed by atoms with E-state index in [9.17, 15) is 5.21 Å². The van der Waals surface area contributed by atoms with Gasteiger partial charge in [0.05, 0.1) is 17.2 Å². The van der Waals surface area contributed by atoms with E-state index < -0.39 is 0 Å². The molecule has 0 saturated heterocycles. The predicted molar refractivity (Wildman–Crippen MR) is 91.1 cm³/mol. The zero-order valence-corrected chi connectivity index (χ0v) is 14.5. The van der Waals surface area contributed by atoms with Crippen LogP contribution in [0.1, 0.15) is 11.1 Å². The number of nitrogens with zero attached hydrogens (tertiary/aromatic N) is 1. The summed E-state index contributed by atoms with van der Waals surface area (Å²) in [7, 11) is 1.64. The number of rotatable bonds is 5. The van der Waals surface area contributed by atoms with Gasteiger partial charge in [0, 0.05) is 21.8 Å². The Morgan fingerprint density at radius 1 is 1.43 bits per heavy atom. The quantitative estimate of drug-likeness (QED) is 0.338. The Morgan fingerprint density at radius 2 is 2.19 bits per heavy atom. The average Bonchev–Trinajstić information content (AvgIpc) is 2.80. The molecule has 0 aliphatic heterocycles. The molecule has 0 unspecified atom stereocenters. The summed E-state index contributed by atoms with van der Waals surface area (Å²) in [6.45, 7) is 1.99. The van der Waals surface area contributed by atoms with Crippen molar-refractivity contribution in [3.05, 3.63) is 44.1 Å². The first-order chi connectivity index (χ1) is 10.1. The van der Waals surface area contributed by atoms with Crippen LogP contribution in [0.15, 0.2) is 34.3 Å². The molecule has 3 nitrogen and oxygen atoms in total.